The first-order valence-electron chi connectivity index (χ1n) is 4.42. The van der Waals surface area contributed by atoms with Crippen molar-refractivity contribution < 1.29 is 9.60 Å². The Hall–Kier alpha value is -2.10. The van der Waals surface area contributed by atoms with Crippen molar-refractivity contribution in [3.63, 3.8) is 0 Å². The standard InChI is InChI=1S/C11H9FN2O/c12-10-5-1-2-6-11(10)14-7-3-4-9(14)8-13-15/h1-8,15H/b13-8+. The van der Waals surface area contributed by atoms with E-state index in [4.69, 9.17) is 5.21 Å². The lowest BCUT2D eigenvalue weighted by Gasteiger charge is -2.06. The van der Waals surface area contributed by atoms with Crippen LogP contribution in [0.3, 0.4) is 0 Å². The van der Waals surface area contributed by atoms with E-state index in [0.717, 1.165) is 0 Å². The smallest absolute Gasteiger partial charge is 0.147 e. The van der Waals surface area contributed by atoms with Gasteiger partial charge >= 0.3 is 0 Å². The van der Waals surface area contributed by atoms with Crippen molar-refractivity contribution in [1.29, 1.82) is 0 Å². The largest absolute Gasteiger partial charge is 0.411 e. The average molecular weight is 204 g/mol. The highest BCUT2D eigenvalue weighted by Crippen LogP contribution is 2.14. The van der Waals surface area contributed by atoms with Gasteiger partial charge < -0.3 is 9.77 Å². The summed E-state index contributed by atoms with van der Waals surface area (Å²) >= 11 is 0. The minimum absolute atomic E-state index is 0.318. The Balaban J connectivity index is 2.54. The van der Waals surface area contributed by atoms with E-state index < -0.39 is 0 Å². The second-order valence-corrected chi connectivity index (χ2v) is 3.00. The Bertz CT molecular complexity index is 491. The third kappa shape index (κ3) is 1.74. The van der Waals surface area contributed by atoms with Gasteiger partial charge in [-0.05, 0) is 24.3 Å². The summed E-state index contributed by atoms with van der Waals surface area (Å²) < 4.78 is 15.1. The molecule has 0 radical (unpaired) electrons. The summed E-state index contributed by atoms with van der Waals surface area (Å²) in [5.74, 6) is -0.318. The molecule has 0 amide bonds. The Morgan fingerprint density at radius 3 is 2.73 bits per heavy atom. The normalized spacial score (nSPS) is 11.0. The van der Waals surface area contributed by atoms with Crippen LogP contribution in [0.4, 0.5) is 4.39 Å². The summed E-state index contributed by atoms with van der Waals surface area (Å²) in [5, 5.41) is 11.4. The lowest BCUT2D eigenvalue weighted by Crippen LogP contribution is -2.00. The van der Waals surface area contributed by atoms with Crippen LogP contribution in [0.25, 0.3) is 5.69 Å². The van der Waals surface area contributed by atoms with Gasteiger partial charge in [0.2, 0.25) is 0 Å². The zero-order chi connectivity index (χ0) is 10.7. The number of hydrogen-bond donors (Lipinski definition) is 1. The Morgan fingerprint density at radius 1 is 1.20 bits per heavy atom. The van der Waals surface area contributed by atoms with Crippen LogP contribution in [0.2, 0.25) is 0 Å². The maximum absolute atomic E-state index is 13.4. The van der Waals surface area contributed by atoms with E-state index in [1.165, 1.54) is 12.3 Å². The monoisotopic (exact) mass is 204 g/mol. The molecule has 4 heteroatoms. The highest BCUT2D eigenvalue weighted by atomic mass is 19.1. The summed E-state index contributed by atoms with van der Waals surface area (Å²) in [6.45, 7) is 0. The van der Waals surface area contributed by atoms with Crippen LogP contribution in [0.1, 0.15) is 5.69 Å². The van der Waals surface area contributed by atoms with Crippen molar-refractivity contribution in [2.75, 3.05) is 0 Å². The van der Waals surface area contributed by atoms with Crippen LogP contribution in [0.5, 0.6) is 0 Å². The van der Waals surface area contributed by atoms with Gasteiger partial charge in [0.05, 0.1) is 17.6 Å². The summed E-state index contributed by atoms with van der Waals surface area (Å²) in [6.07, 6.45) is 2.96. The van der Waals surface area contributed by atoms with Gasteiger partial charge in [-0.1, -0.05) is 17.3 Å². The molecule has 1 N–H and O–H groups in total. The molecule has 0 atom stereocenters. The molecular weight excluding hydrogens is 195 g/mol. The molecular formula is C11H9FN2O. The molecule has 0 fully saturated rings. The molecule has 0 spiro atoms. The fraction of sp³-hybridized carbons (Fsp3) is 0. The molecule has 0 saturated carbocycles. The quantitative estimate of drug-likeness (QED) is 0.455. The van der Waals surface area contributed by atoms with Crippen molar-refractivity contribution in [1.82, 2.24) is 4.57 Å². The van der Waals surface area contributed by atoms with Gasteiger partial charge in [-0.3, -0.25) is 0 Å². The Morgan fingerprint density at radius 2 is 2.00 bits per heavy atom. The lowest BCUT2D eigenvalue weighted by molar-refractivity contribution is 0.321. The number of benzene rings is 1. The van der Waals surface area contributed by atoms with Crippen LogP contribution in [0, 0.1) is 5.82 Å². The summed E-state index contributed by atoms with van der Waals surface area (Å²) in [7, 11) is 0. The number of nitrogens with zero attached hydrogens (tertiary/aromatic N) is 2. The molecule has 0 unspecified atom stereocenters. The molecule has 0 aliphatic carbocycles. The molecule has 0 saturated heterocycles. The molecule has 3 nitrogen and oxygen atoms in total. The number of aromatic nitrogens is 1. The summed E-state index contributed by atoms with van der Waals surface area (Å²) in [5.41, 5.74) is 1.04. The first-order chi connectivity index (χ1) is 7.33. The SMILES string of the molecule is O/N=C/c1cccn1-c1ccccc1F. The molecule has 1 heterocycles. The van der Waals surface area contributed by atoms with Gasteiger partial charge in [0.15, 0.2) is 0 Å². The number of oxime groups is 1. The van der Waals surface area contributed by atoms with E-state index >= 15 is 0 Å². The molecule has 15 heavy (non-hydrogen) atoms. The Kier molecular flexibility index (Phi) is 2.49. The van der Waals surface area contributed by atoms with Gasteiger partial charge in [-0.15, -0.1) is 0 Å². The van der Waals surface area contributed by atoms with Gasteiger partial charge in [0.1, 0.15) is 5.82 Å². The van der Waals surface area contributed by atoms with Crippen LogP contribution in [0.15, 0.2) is 47.8 Å². The predicted octanol–water partition coefficient (Wildman–Crippen LogP) is 2.42. The fourth-order valence-electron chi connectivity index (χ4n) is 1.42. The molecule has 1 aromatic heterocycles. The number of halogens is 1. The topological polar surface area (TPSA) is 37.5 Å². The minimum Gasteiger partial charge on any atom is -0.411 e. The van der Waals surface area contributed by atoms with Crippen molar-refractivity contribution in [2.45, 2.75) is 0 Å². The zero-order valence-corrected chi connectivity index (χ0v) is 7.84. The molecule has 0 aliphatic heterocycles. The predicted molar refractivity (Wildman–Crippen MR) is 55.1 cm³/mol. The highest BCUT2D eigenvalue weighted by molar-refractivity contribution is 5.78. The van der Waals surface area contributed by atoms with E-state index in [0.29, 0.717) is 11.4 Å². The third-order valence-corrected chi connectivity index (χ3v) is 2.08. The third-order valence-electron chi connectivity index (χ3n) is 2.08. The van der Waals surface area contributed by atoms with Crippen LogP contribution >= 0.6 is 0 Å². The number of rotatable bonds is 2. The van der Waals surface area contributed by atoms with E-state index in [2.05, 4.69) is 5.16 Å². The zero-order valence-electron chi connectivity index (χ0n) is 7.84. The van der Waals surface area contributed by atoms with E-state index in [1.54, 1.807) is 41.1 Å². The highest BCUT2D eigenvalue weighted by Gasteiger charge is 2.05. The second-order valence-electron chi connectivity index (χ2n) is 3.00. The van der Waals surface area contributed by atoms with E-state index in [-0.39, 0.29) is 5.82 Å². The average Bonchev–Trinajstić information content (AvgIpc) is 2.67. The molecule has 76 valence electrons. The van der Waals surface area contributed by atoms with Crippen LogP contribution in [-0.2, 0) is 0 Å². The van der Waals surface area contributed by atoms with Gasteiger partial charge in [0.25, 0.3) is 0 Å². The summed E-state index contributed by atoms with van der Waals surface area (Å²) in [6, 6.07) is 9.90. The van der Waals surface area contributed by atoms with Crippen molar-refractivity contribution in [3.8, 4) is 5.69 Å². The maximum Gasteiger partial charge on any atom is 0.147 e. The summed E-state index contributed by atoms with van der Waals surface area (Å²) in [4.78, 5) is 0. The maximum atomic E-state index is 13.4. The first kappa shape index (κ1) is 9.45. The van der Waals surface area contributed by atoms with Crippen molar-refractivity contribution in [2.24, 2.45) is 5.16 Å². The molecule has 0 aliphatic rings. The molecule has 1 aromatic carbocycles. The molecule has 2 aromatic rings. The van der Waals surface area contributed by atoms with Crippen LogP contribution in [-0.4, -0.2) is 16.0 Å². The lowest BCUT2D eigenvalue weighted by atomic mass is 10.3. The van der Waals surface area contributed by atoms with E-state index in [9.17, 15) is 4.39 Å². The van der Waals surface area contributed by atoms with Gasteiger partial charge in [-0.2, -0.15) is 0 Å². The van der Waals surface area contributed by atoms with Crippen LogP contribution < -0.4 is 0 Å². The first-order valence-corrected chi connectivity index (χ1v) is 4.42. The Labute approximate surface area is 86.1 Å². The molecule has 0 bridgehead atoms. The number of para-hydroxylation sites is 1. The number of hydrogen-bond acceptors (Lipinski definition) is 2. The van der Waals surface area contributed by atoms with Gasteiger partial charge in [-0.25, -0.2) is 4.39 Å². The van der Waals surface area contributed by atoms with Gasteiger partial charge in [0, 0.05) is 6.20 Å². The fourth-order valence-corrected chi connectivity index (χ4v) is 1.42. The van der Waals surface area contributed by atoms with E-state index in [1.807, 2.05) is 0 Å². The second kappa shape index (κ2) is 3.96. The van der Waals surface area contributed by atoms with Crippen molar-refractivity contribution in [3.05, 3.63) is 54.1 Å². The van der Waals surface area contributed by atoms with Crippen molar-refractivity contribution >= 4 is 6.21 Å². The minimum atomic E-state index is -0.318. The molecule has 2 rings (SSSR count).